The fourth-order valence-electron chi connectivity index (χ4n) is 2.13. The third-order valence-corrected chi connectivity index (χ3v) is 3.08. The summed E-state index contributed by atoms with van der Waals surface area (Å²) in [6.07, 6.45) is 1.05. The van der Waals surface area contributed by atoms with E-state index in [9.17, 15) is 4.79 Å². The number of carbonyl (C=O) groups is 1. The molecule has 116 valence electrons. The van der Waals surface area contributed by atoms with Crippen molar-refractivity contribution in [3.05, 3.63) is 78.5 Å². The Morgan fingerprint density at radius 1 is 1.09 bits per heavy atom. The van der Waals surface area contributed by atoms with Crippen LogP contribution in [0.25, 0.3) is 0 Å². The maximum atomic E-state index is 11.2. The van der Waals surface area contributed by atoms with Gasteiger partial charge in [-0.3, -0.25) is 0 Å². The van der Waals surface area contributed by atoms with Gasteiger partial charge in [0.2, 0.25) is 0 Å². The second kappa shape index (κ2) is 6.65. The molecule has 6 heteroatoms. The fourth-order valence-corrected chi connectivity index (χ4v) is 2.13. The molecule has 2 aromatic carbocycles. The van der Waals surface area contributed by atoms with Crippen molar-refractivity contribution in [2.24, 2.45) is 5.73 Å². The Morgan fingerprint density at radius 3 is 2.57 bits per heavy atom. The summed E-state index contributed by atoms with van der Waals surface area (Å²) in [5, 5.41) is 0. The minimum absolute atomic E-state index is 0.376. The number of benzene rings is 2. The van der Waals surface area contributed by atoms with E-state index in [1.807, 2.05) is 30.3 Å². The number of oxazole rings is 1. The molecular formula is C17H14N2O4. The number of aromatic nitrogens is 1. The van der Waals surface area contributed by atoms with E-state index in [2.05, 4.69) is 4.98 Å². The lowest BCUT2D eigenvalue weighted by molar-refractivity contribution is 0.114. The van der Waals surface area contributed by atoms with Gasteiger partial charge in [0.1, 0.15) is 11.5 Å². The maximum Gasteiger partial charge on any atom is 0.405 e. The number of primary amides is 1. The quantitative estimate of drug-likeness (QED) is 0.777. The van der Waals surface area contributed by atoms with Gasteiger partial charge in [0.05, 0.1) is 6.20 Å². The topological polar surface area (TPSA) is 87.6 Å². The number of nitrogens with zero attached hydrogens (tertiary/aromatic N) is 1. The minimum Gasteiger partial charge on any atom is -0.457 e. The zero-order valence-electron chi connectivity index (χ0n) is 12.1. The van der Waals surface area contributed by atoms with Gasteiger partial charge in [0.15, 0.2) is 18.3 Å². The molecule has 1 atom stereocenters. The Morgan fingerprint density at radius 2 is 1.87 bits per heavy atom. The molecule has 0 saturated heterocycles. The maximum absolute atomic E-state index is 11.2. The van der Waals surface area contributed by atoms with E-state index in [0.717, 1.165) is 0 Å². The number of ether oxygens (including phenoxy) is 2. The molecule has 0 spiro atoms. The number of hydrogen-bond acceptors (Lipinski definition) is 5. The molecule has 1 amide bonds. The van der Waals surface area contributed by atoms with Crippen LogP contribution in [0, 0.1) is 0 Å². The first-order valence-electron chi connectivity index (χ1n) is 6.90. The van der Waals surface area contributed by atoms with Crippen molar-refractivity contribution < 1.29 is 18.7 Å². The van der Waals surface area contributed by atoms with Crippen LogP contribution in [0.4, 0.5) is 4.79 Å². The van der Waals surface area contributed by atoms with Gasteiger partial charge in [-0.05, 0) is 24.3 Å². The van der Waals surface area contributed by atoms with Crippen molar-refractivity contribution in [2.45, 2.75) is 6.10 Å². The zero-order valence-corrected chi connectivity index (χ0v) is 12.1. The molecule has 1 heterocycles. The summed E-state index contributed by atoms with van der Waals surface area (Å²) in [6, 6.07) is 16.5. The van der Waals surface area contributed by atoms with Gasteiger partial charge in [-0.1, -0.05) is 30.3 Å². The smallest absolute Gasteiger partial charge is 0.405 e. The lowest BCUT2D eigenvalue weighted by Crippen LogP contribution is -2.18. The van der Waals surface area contributed by atoms with Gasteiger partial charge in [0, 0.05) is 5.56 Å². The molecule has 0 aliphatic carbocycles. The molecule has 23 heavy (non-hydrogen) atoms. The molecule has 0 radical (unpaired) electrons. The first kappa shape index (κ1) is 14.6. The average Bonchev–Trinajstić information content (AvgIpc) is 3.08. The van der Waals surface area contributed by atoms with E-state index in [4.69, 9.17) is 19.6 Å². The van der Waals surface area contributed by atoms with Crippen molar-refractivity contribution in [1.82, 2.24) is 4.98 Å². The summed E-state index contributed by atoms with van der Waals surface area (Å²) in [5.41, 5.74) is 5.81. The lowest BCUT2D eigenvalue weighted by atomic mass is 10.1. The number of rotatable bonds is 5. The zero-order chi connectivity index (χ0) is 16.1. The highest BCUT2D eigenvalue weighted by atomic mass is 16.6. The predicted molar refractivity (Wildman–Crippen MR) is 82.0 cm³/mol. The van der Waals surface area contributed by atoms with E-state index in [1.165, 1.54) is 12.6 Å². The van der Waals surface area contributed by atoms with Crippen LogP contribution in [-0.2, 0) is 4.74 Å². The molecule has 0 aliphatic rings. The van der Waals surface area contributed by atoms with Crippen LogP contribution < -0.4 is 10.5 Å². The van der Waals surface area contributed by atoms with Crippen molar-refractivity contribution in [3.63, 3.8) is 0 Å². The highest BCUT2D eigenvalue weighted by molar-refractivity contribution is 5.65. The lowest BCUT2D eigenvalue weighted by Gasteiger charge is -2.15. The molecule has 6 nitrogen and oxygen atoms in total. The molecule has 0 fully saturated rings. The van der Waals surface area contributed by atoms with E-state index >= 15 is 0 Å². The molecule has 0 saturated carbocycles. The van der Waals surface area contributed by atoms with Crippen LogP contribution in [0.1, 0.15) is 17.4 Å². The van der Waals surface area contributed by atoms with Crippen molar-refractivity contribution in [1.29, 1.82) is 0 Å². The number of nitrogens with two attached hydrogens (primary N) is 1. The summed E-state index contributed by atoms with van der Waals surface area (Å²) >= 11 is 0. The second-order valence-electron chi connectivity index (χ2n) is 4.71. The SMILES string of the molecule is NC(=O)OC(c1cccc(Oc2ccccc2)c1)c1cnco1. The van der Waals surface area contributed by atoms with E-state index in [1.54, 1.807) is 24.3 Å². The molecule has 1 unspecified atom stereocenters. The van der Waals surface area contributed by atoms with E-state index in [-0.39, 0.29) is 0 Å². The summed E-state index contributed by atoms with van der Waals surface area (Å²) in [7, 11) is 0. The molecule has 3 aromatic rings. The van der Waals surface area contributed by atoms with Crippen molar-refractivity contribution in [3.8, 4) is 11.5 Å². The van der Waals surface area contributed by atoms with Crippen molar-refractivity contribution in [2.75, 3.05) is 0 Å². The first-order chi connectivity index (χ1) is 11.2. The third kappa shape index (κ3) is 3.68. The van der Waals surface area contributed by atoms with Gasteiger partial charge in [-0.2, -0.15) is 0 Å². The average molecular weight is 310 g/mol. The van der Waals surface area contributed by atoms with Gasteiger partial charge < -0.3 is 19.6 Å². The van der Waals surface area contributed by atoms with Crippen LogP contribution in [0.3, 0.4) is 0 Å². The molecule has 0 aliphatic heterocycles. The second-order valence-corrected chi connectivity index (χ2v) is 4.71. The molecule has 3 rings (SSSR count). The minimum atomic E-state index is -0.902. The van der Waals surface area contributed by atoms with Gasteiger partial charge in [0.25, 0.3) is 0 Å². The van der Waals surface area contributed by atoms with Gasteiger partial charge >= 0.3 is 6.09 Å². The number of carbonyl (C=O) groups excluding carboxylic acids is 1. The highest BCUT2D eigenvalue weighted by Gasteiger charge is 2.21. The largest absolute Gasteiger partial charge is 0.457 e. The van der Waals surface area contributed by atoms with E-state index in [0.29, 0.717) is 22.8 Å². The Kier molecular flexibility index (Phi) is 4.24. The Labute approximate surface area is 132 Å². The van der Waals surface area contributed by atoms with Crippen LogP contribution in [0.15, 0.2) is 71.6 Å². The van der Waals surface area contributed by atoms with Gasteiger partial charge in [-0.15, -0.1) is 0 Å². The highest BCUT2D eigenvalue weighted by Crippen LogP contribution is 2.30. The molecular weight excluding hydrogens is 296 g/mol. The first-order valence-corrected chi connectivity index (χ1v) is 6.90. The van der Waals surface area contributed by atoms with Crippen LogP contribution in [0.2, 0.25) is 0 Å². The summed E-state index contributed by atoms with van der Waals surface area (Å²) in [4.78, 5) is 15.0. The number of hydrogen-bond donors (Lipinski definition) is 1. The van der Waals surface area contributed by atoms with Gasteiger partial charge in [-0.25, -0.2) is 9.78 Å². The van der Waals surface area contributed by atoms with Crippen molar-refractivity contribution >= 4 is 6.09 Å². The van der Waals surface area contributed by atoms with E-state index < -0.39 is 12.2 Å². The van der Waals surface area contributed by atoms with Crippen LogP contribution >= 0.6 is 0 Å². The summed E-state index contributed by atoms with van der Waals surface area (Å²) < 4.78 is 16.1. The Bertz CT molecular complexity index is 772. The summed E-state index contributed by atoms with van der Waals surface area (Å²) in [6.45, 7) is 0. The standard InChI is InChI=1S/C17H14N2O4/c18-17(20)23-16(15-10-19-11-21-15)12-5-4-8-14(9-12)22-13-6-2-1-3-7-13/h1-11,16H,(H2,18,20). The molecule has 0 bridgehead atoms. The molecule has 2 N–H and O–H groups in total. The number of para-hydroxylation sites is 1. The monoisotopic (exact) mass is 310 g/mol. The predicted octanol–water partition coefficient (Wildman–Crippen LogP) is 3.65. The normalized spacial score (nSPS) is 11.7. The number of amides is 1. The third-order valence-electron chi connectivity index (χ3n) is 3.08. The molecule has 1 aromatic heterocycles. The fraction of sp³-hybridized carbons (Fsp3) is 0.0588. The summed E-state index contributed by atoms with van der Waals surface area (Å²) in [5.74, 6) is 1.68. The Hall–Kier alpha value is -3.28. The van der Waals surface area contributed by atoms with Crippen LogP contribution in [0.5, 0.6) is 11.5 Å². The Balaban J connectivity index is 1.88. The van der Waals surface area contributed by atoms with Crippen LogP contribution in [-0.4, -0.2) is 11.1 Å².